The highest BCUT2D eigenvalue weighted by molar-refractivity contribution is 7.99. The number of hydrogen-bond donors (Lipinski definition) is 1. The number of nitrogens with zero attached hydrogens (tertiary/aromatic N) is 4. The maximum atomic E-state index is 13.2. The van der Waals surface area contributed by atoms with Gasteiger partial charge in [-0.1, -0.05) is 53.2 Å². The smallest absolute Gasteiger partial charge is 0.250 e. The van der Waals surface area contributed by atoms with Gasteiger partial charge in [0, 0.05) is 16.3 Å². The van der Waals surface area contributed by atoms with E-state index in [4.69, 9.17) is 11.6 Å². The van der Waals surface area contributed by atoms with Crippen molar-refractivity contribution in [3.63, 3.8) is 0 Å². The topological polar surface area (TPSA) is 72.2 Å². The van der Waals surface area contributed by atoms with E-state index in [0.717, 1.165) is 16.8 Å². The van der Waals surface area contributed by atoms with E-state index in [1.165, 1.54) is 30.1 Å². The van der Waals surface area contributed by atoms with Crippen LogP contribution in [0.2, 0.25) is 5.02 Å². The summed E-state index contributed by atoms with van der Waals surface area (Å²) in [4.78, 5) is 12.3. The van der Waals surface area contributed by atoms with E-state index in [2.05, 4.69) is 20.7 Å². The lowest BCUT2D eigenvalue weighted by Gasteiger charge is -2.10. The lowest BCUT2D eigenvalue weighted by atomic mass is 10.2. The van der Waals surface area contributed by atoms with Crippen LogP contribution in [0.15, 0.2) is 83.1 Å². The second-order valence-corrected chi connectivity index (χ2v) is 8.50. The fraction of sp³-hybridized carbons (Fsp3) is 0.0833. The first kappa shape index (κ1) is 22.7. The Hall–Kier alpha value is -3.49. The molecule has 33 heavy (non-hydrogen) atoms. The maximum absolute atomic E-state index is 13.2. The molecule has 0 aliphatic carbocycles. The van der Waals surface area contributed by atoms with Crippen molar-refractivity contribution in [2.75, 3.05) is 5.75 Å². The fourth-order valence-electron chi connectivity index (χ4n) is 3.00. The first-order chi connectivity index (χ1) is 16.0. The number of aromatic nitrogens is 3. The molecule has 0 atom stereocenters. The van der Waals surface area contributed by atoms with Gasteiger partial charge in [-0.25, -0.2) is 9.82 Å². The summed E-state index contributed by atoms with van der Waals surface area (Å²) < 4.78 is 15.1. The van der Waals surface area contributed by atoms with Crippen molar-refractivity contribution in [3.8, 4) is 17.1 Å². The molecule has 9 heteroatoms. The Labute approximate surface area is 199 Å². The summed E-state index contributed by atoms with van der Waals surface area (Å²) in [5.41, 5.74) is 5.86. The van der Waals surface area contributed by atoms with Gasteiger partial charge in [-0.05, 0) is 61.0 Å². The number of hydrazone groups is 1. The van der Waals surface area contributed by atoms with Crippen LogP contribution in [0.1, 0.15) is 11.1 Å². The van der Waals surface area contributed by atoms with Crippen molar-refractivity contribution in [1.29, 1.82) is 0 Å². The number of nitrogens with one attached hydrogen (secondary N) is 1. The molecule has 0 saturated carbocycles. The average Bonchev–Trinajstić information content (AvgIpc) is 3.23. The van der Waals surface area contributed by atoms with Crippen LogP contribution in [0.4, 0.5) is 4.39 Å². The molecule has 1 aromatic heterocycles. The second-order valence-electron chi connectivity index (χ2n) is 7.12. The van der Waals surface area contributed by atoms with E-state index >= 15 is 0 Å². The summed E-state index contributed by atoms with van der Waals surface area (Å²) >= 11 is 7.27. The first-order valence-electron chi connectivity index (χ1n) is 9.98. The molecule has 0 spiro atoms. The minimum absolute atomic E-state index is 0.0745. The Morgan fingerprint density at radius 1 is 1.12 bits per heavy atom. The highest BCUT2D eigenvalue weighted by Crippen LogP contribution is 2.28. The van der Waals surface area contributed by atoms with Gasteiger partial charge in [0.25, 0.3) is 5.91 Å². The summed E-state index contributed by atoms with van der Waals surface area (Å²) in [7, 11) is 0. The molecule has 1 amide bonds. The molecule has 0 radical (unpaired) electrons. The molecule has 1 heterocycles. The van der Waals surface area contributed by atoms with E-state index in [9.17, 15) is 9.18 Å². The average molecular weight is 480 g/mol. The predicted octanol–water partition coefficient (Wildman–Crippen LogP) is 5.28. The van der Waals surface area contributed by atoms with Gasteiger partial charge in [-0.2, -0.15) is 5.10 Å². The molecule has 166 valence electrons. The van der Waals surface area contributed by atoms with Gasteiger partial charge in [0.05, 0.1) is 12.0 Å². The van der Waals surface area contributed by atoms with Crippen LogP contribution in [0, 0.1) is 12.7 Å². The molecule has 0 bridgehead atoms. The zero-order chi connectivity index (χ0) is 23.2. The van der Waals surface area contributed by atoms with Crippen molar-refractivity contribution < 1.29 is 9.18 Å². The molecule has 3 aromatic carbocycles. The molecule has 6 nitrogen and oxygen atoms in total. The molecule has 0 aliphatic rings. The number of thioether (sulfide) groups is 1. The van der Waals surface area contributed by atoms with Crippen LogP contribution in [0.25, 0.3) is 17.1 Å². The number of amides is 1. The quantitative estimate of drug-likeness (QED) is 0.222. The minimum atomic E-state index is -0.368. The van der Waals surface area contributed by atoms with Crippen LogP contribution in [0.5, 0.6) is 0 Å². The SMILES string of the molecule is Cc1ccc(-n2c(SCC(=O)N/N=C/c3cccc(F)c3)nnc2-c2ccc(Cl)cc2)cc1. The van der Waals surface area contributed by atoms with Gasteiger partial charge in [0.15, 0.2) is 11.0 Å². The Kier molecular flexibility index (Phi) is 7.16. The van der Waals surface area contributed by atoms with Crippen molar-refractivity contribution >= 4 is 35.5 Å². The summed E-state index contributed by atoms with van der Waals surface area (Å²) in [5, 5.41) is 13.7. The number of hydrogen-bond acceptors (Lipinski definition) is 5. The van der Waals surface area contributed by atoms with Gasteiger partial charge in [-0.3, -0.25) is 9.36 Å². The summed E-state index contributed by atoms with van der Waals surface area (Å²) in [6.07, 6.45) is 1.39. The van der Waals surface area contributed by atoms with Gasteiger partial charge in [0.2, 0.25) is 0 Å². The summed E-state index contributed by atoms with van der Waals surface area (Å²) in [6, 6.07) is 21.2. The number of carbonyl (C=O) groups excluding carboxylic acids is 1. The van der Waals surface area contributed by atoms with Crippen molar-refractivity contribution in [2.24, 2.45) is 5.10 Å². The van der Waals surface area contributed by atoms with Crippen LogP contribution in [0.3, 0.4) is 0 Å². The Morgan fingerprint density at radius 2 is 1.88 bits per heavy atom. The molecular formula is C24H19ClFN5OS. The van der Waals surface area contributed by atoms with E-state index in [1.54, 1.807) is 24.3 Å². The molecule has 0 fully saturated rings. The van der Waals surface area contributed by atoms with Crippen LogP contribution < -0.4 is 5.43 Å². The molecular weight excluding hydrogens is 461 g/mol. The number of rotatable bonds is 7. The van der Waals surface area contributed by atoms with Crippen molar-refractivity contribution in [3.05, 3.63) is 94.8 Å². The monoisotopic (exact) mass is 479 g/mol. The predicted molar refractivity (Wildman–Crippen MR) is 129 cm³/mol. The first-order valence-corrected chi connectivity index (χ1v) is 11.3. The summed E-state index contributed by atoms with van der Waals surface area (Å²) in [6.45, 7) is 2.01. The largest absolute Gasteiger partial charge is 0.272 e. The molecule has 0 saturated heterocycles. The summed E-state index contributed by atoms with van der Waals surface area (Å²) in [5.74, 6) is 0.0277. The maximum Gasteiger partial charge on any atom is 0.250 e. The van der Waals surface area contributed by atoms with E-state index < -0.39 is 0 Å². The van der Waals surface area contributed by atoms with Crippen molar-refractivity contribution in [2.45, 2.75) is 12.1 Å². The zero-order valence-corrected chi connectivity index (χ0v) is 19.1. The highest BCUT2D eigenvalue weighted by Gasteiger charge is 2.17. The van der Waals surface area contributed by atoms with Crippen molar-refractivity contribution in [1.82, 2.24) is 20.2 Å². The zero-order valence-electron chi connectivity index (χ0n) is 17.6. The van der Waals surface area contributed by atoms with Gasteiger partial charge >= 0.3 is 0 Å². The Bertz CT molecular complexity index is 1290. The number of benzene rings is 3. The van der Waals surface area contributed by atoms with Gasteiger partial charge in [0.1, 0.15) is 5.82 Å². The van der Waals surface area contributed by atoms with Crippen LogP contribution >= 0.6 is 23.4 Å². The number of aryl methyl sites for hydroxylation is 1. The third kappa shape index (κ3) is 5.85. The van der Waals surface area contributed by atoms with Crippen LogP contribution in [-0.4, -0.2) is 32.6 Å². The Balaban J connectivity index is 1.51. The van der Waals surface area contributed by atoms with E-state index in [0.29, 0.717) is 21.6 Å². The fourth-order valence-corrected chi connectivity index (χ4v) is 3.87. The minimum Gasteiger partial charge on any atom is -0.272 e. The highest BCUT2D eigenvalue weighted by atomic mass is 35.5. The van der Waals surface area contributed by atoms with Gasteiger partial charge in [-0.15, -0.1) is 10.2 Å². The third-order valence-corrected chi connectivity index (χ3v) is 5.79. The van der Waals surface area contributed by atoms with E-state index in [-0.39, 0.29) is 17.5 Å². The second kappa shape index (κ2) is 10.4. The molecule has 0 unspecified atom stereocenters. The molecule has 4 rings (SSSR count). The van der Waals surface area contributed by atoms with Crippen LogP contribution in [-0.2, 0) is 4.79 Å². The molecule has 1 N–H and O–H groups in total. The lowest BCUT2D eigenvalue weighted by molar-refractivity contribution is -0.118. The molecule has 0 aliphatic heterocycles. The normalized spacial score (nSPS) is 11.1. The molecule has 4 aromatic rings. The Morgan fingerprint density at radius 3 is 2.61 bits per heavy atom. The number of halogens is 2. The van der Waals surface area contributed by atoms with E-state index in [1.807, 2.05) is 47.9 Å². The number of carbonyl (C=O) groups is 1. The van der Waals surface area contributed by atoms with Gasteiger partial charge < -0.3 is 0 Å². The third-order valence-electron chi connectivity index (χ3n) is 4.61. The standard InChI is InChI=1S/C24H19ClFN5OS/c1-16-5-11-21(12-6-16)31-23(18-7-9-19(25)10-8-18)29-30-24(31)33-15-22(32)28-27-14-17-3-2-4-20(26)13-17/h2-14H,15H2,1H3,(H,28,32)/b27-14+. The lowest BCUT2D eigenvalue weighted by Crippen LogP contribution is -2.20.